The monoisotopic (exact) mass is 377 g/mol. The first-order chi connectivity index (χ1) is 13.5. The number of terminal acetylenes is 1. The number of hydrogen-bond acceptors (Lipinski definition) is 4. The van der Waals surface area contributed by atoms with E-state index in [9.17, 15) is 9.59 Å². The quantitative estimate of drug-likeness (QED) is 0.716. The van der Waals surface area contributed by atoms with E-state index < -0.39 is 5.66 Å². The average molecular weight is 377 g/mol. The van der Waals surface area contributed by atoms with Gasteiger partial charge in [0.05, 0.1) is 11.4 Å². The first-order valence-corrected chi connectivity index (χ1v) is 9.59. The molecular weight excluding hydrogens is 354 g/mol. The Bertz CT molecular complexity index is 1020. The summed E-state index contributed by atoms with van der Waals surface area (Å²) in [6.45, 7) is 0. The zero-order chi connectivity index (χ0) is 19.7. The van der Waals surface area contributed by atoms with Crippen molar-refractivity contribution in [1.82, 2.24) is 9.36 Å². The number of amides is 1. The lowest BCUT2D eigenvalue weighted by Gasteiger charge is -2.10. The van der Waals surface area contributed by atoms with Crippen molar-refractivity contribution in [2.75, 3.05) is 5.32 Å². The number of nitrogens with zero attached hydrogens (tertiary/aromatic N) is 4. The molecule has 0 saturated heterocycles. The summed E-state index contributed by atoms with van der Waals surface area (Å²) in [5.74, 6) is 2.70. The summed E-state index contributed by atoms with van der Waals surface area (Å²) >= 11 is 0. The smallest absolute Gasteiger partial charge is 0.295 e. The zero-order valence-electron chi connectivity index (χ0n) is 15.9. The van der Waals surface area contributed by atoms with Crippen molar-refractivity contribution in [1.29, 1.82) is 0 Å². The summed E-state index contributed by atoms with van der Waals surface area (Å²) in [7, 11) is 1.87. The molecule has 7 nitrogen and oxygen atoms in total. The molecule has 0 atom stereocenters. The lowest BCUT2D eigenvalue weighted by molar-refractivity contribution is -0.116. The molecule has 2 aliphatic rings. The van der Waals surface area contributed by atoms with Crippen LogP contribution in [0.2, 0.25) is 0 Å². The van der Waals surface area contributed by atoms with Crippen LogP contribution in [0.25, 0.3) is 5.69 Å². The predicted octanol–water partition coefficient (Wildman–Crippen LogP) is 3.35. The topological polar surface area (TPSA) is 80.8 Å². The molecule has 0 radical (unpaired) electrons. The van der Waals surface area contributed by atoms with Gasteiger partial charge in [0, 0.05) is 38.6 Å². The fourth-order valence-electron chi connectivity index (χ4n) is 3.61. The van der Waals surface area contributed by atoms with E-state index in [1.807, 2.05) is 42.1 Å². The Morgan fingerprint density at radius 1 is 1.29 bits per heavy atom. The van der Waals surface area contributed by atoms with E-state index in [1.165, 1.54) is 0 Å². The molecule has 1 aromatic heterocycles. The number of carbonyl (C=O) groups is 1. The molecule has 1 aromatic carbocycles. The molecule has 1 aliphatic carbocycles. The number of anilines is 1. The molecular formula is C21H23N5O2. The molecule has 0 bridgehead atoms. The van der Waals surface area contributed by atoms with Gasteiger partial charge in [0.1, 0.15) is 5.69 Å². The summed E-state index contributed by atoms with van der Waals surface area (Å²) in [5.41, 5.74) is 1.36. The van der Waals surface area contributed by atoms with Crippen molar-refractivity contribution < 1.29 is 4.79 Å². The van der Waals surface area contributed by atoms with Crippen molar-refractivity contribution >= 4 is 11.6 Å². The lowest BCUT2D eigenvalue weighted by Crippen LogP contribution is -2.23. The van der Waals surface area contributed by atoms with Gasteiger partial charge < -0.3 is 5.32 Å². The molecule has 1 saturated carbocycles. The van der Waals surface area contributed by atoms with Crippen LogP contribution in [0.3, 0.4) is 0 Å². The summed E-state index contributed by atoms with van der Waals surface area (Å²) in [6, 6.07) is 9.46. The third-order valence-electron chi connectivity index (χ3n) is 5.35. The molecule has 1 aliphatic heterocycles. The van der Waals surface area contributed by atoms with Gasteiger partial charge in [-0.05, 0) is 25.0 Å². The van der Waals surface area contributed by atoms with Crippen molar-refractivity contribution in [3.05, 3.63) is 46.4 Å². The maximum Gasteiger partial charge on any atom is 0.295 e. The minimum atomic E-state index is -0.496. The molecule has 7 heteroatoms. The summed E-state index contributed by atoms with van der Waals surface area (Å²) < 4.78 is 3.48. The summed E-state index contributed by atoms with van der Waals surface area (Å²) in [4.78, 5) is 25.7. The fourth-order valence-corrected chi connectivity index (χ4v) is 3.61. The minimum absolute atomic E-state index is 0.192. The van der Waals surface area contributed by atoms with E-state index in [1.54, 1.807) is 4.68 Å². The van der Waals surface area contributed by atoms with Crippen LogP contribution in [0.1, 0.15) is 50.1 Å². The number of carbonyl (C=O) groups excluding carboxylic acids is 1. The Labute approximate surface area is 163 Å². The van der Waals surface area contributed by atoms with Gasteiger partial charge in [0.25, 0.3) is 5.56 Å². The summed E-state index contributed by atoms with van der Waals surface area (Å²) in [6.07, 6.45) is 9.37. The average Bonchev–Trinajstić information content (AvgIpc) is 3.61. The Kier molecular flexibility index (Phi) is 4.63. The molecule has 1 N–H and O–H groups in total. The van der Waals surface area contributed by atoms with E-state index in [4.69, 9.17) is 6.42 Å². The second-order valence-corrected chi connectivity index (χ2v) is 7.45. The molecule has 144 valence electrons. The third-order valence-corrected chi connectivity index (χ3v) is 5.35. The highest BCUT2D eigenvalue weighted by Crippen LogP contribution is 2.43. The van der Waals surface area contributed by atoms with E-state index in [0.29, 0.717) is 30.9 Å². The van der Waals surface area contributed by atoms with E-state index in [2.05, 4.69) is 21.5 Å². The number of nitrogens with one attached hydrogen (secondary N) is 1. The largest absolute Gasteiger partial charge is 0.320 e. The highest BCUT2D eigenvalue weighted by atomic mass is 16.2. The second-order valence-electron chi connectivity index (χ2n) is 7.45. The number of para-hydroxylation sites is 1. The Hall–Kier alpha value is -3.14. The van der Waals surface area contributed by atoms with E-state index in [-0.39, 0.29) is 17.9 Å². The molecule has 0 unspecified atom stereocenters. The van der Waals surface area contributed by atoms with Crippen molar-refractivity contribution in [2.24, 2.45) is 17.3 Å². The van der Waals surface area contributed by atoms with Crippen molar-refractivity contribution in [3.63, 3.8) is 0 Å². The van der Waals surface area contributed by atoms with Crippen LogP contribution in [0.15, 0.2) is 45.4 Å². The molecule has 1 fully saturated rings. The van der Waals surface area contributed by atoms with Crippen LogP contribution in [-0.2, 0) is 11.8 Å². The van der Waals surface area contributed by atoms with Crippen molar-refractivity contribution in [2.45, 2.75) is 50.1 Å². The van der Waals surface area contributed by atoms with Crippen molar-refractivity contribution in [3.8, 4) is 18.0 Å². The number of benzene rings is 1. The van der Waals surface area contributed by atoms with Gasteiger partial charge in [-0.1, -0.05) is 18.2 Å². The molecule has 4 rings (SSSR count). The van der Waals surface area contributed by atoms with Gasteiger partial charge in [-0.2, -0.15) is 10.2 Å². The summed E-state index contributed by atoms with van der Waals surface area (Å²) in [5, 5.41) is 11.0. The van der Waals surface area contributed by atoms with Gasteiger partial charge in [-0.25, -0.2) is 4.68 Å². The lowest BCUT2D eigenvalue weighted by atomic mass is 10.0. The molecule has 2 aromatic rings. The zero-order valence-corrected chi connectivity index (χ0v) is 15.9. The van der Waals surface area contributed by atoms with Crippen LogP contribution >= 0.6 is 0 Å². The van der Waals surface area contributed by atoms with E-state index in [0.717, 1.165) is 24.2 Å². The molecule has 28 heavy (non-hydrogen) atoms. The number of rotatable bonds is 8. The maximum atomic E-state index is 13.1. The van der Waals surface area contributed by atoms with E-state index >= 15 is 0 Å². The highest BCUT2D eigenvalue weighted by Gasteiger charge is 2.39. The number of hydrogen-bond donors (Lipinski definition) is 1. The Morgan fingerprint density at radius 2 is 2.00 bits per heavy atom. The fraction of sp³-hybridized carbons (Fsp3) is 0.429. The third kappa shape index (κ3) is 3.50. The minimum Gasteiger partial charge on any atom is -0.320 e. The maximum absolute atomic E-state index is 13.1. The van der Waals surface area contributed by atoms with Gasteiger partial charge in [-0.3, -0.25) is 14.3 Å². The first kappa shape index (κ1) is 18.2. The number of aromatic nitrogens is 2. The molecule has 0 spiro atoms. The Morgan fingerprint density at radius 3 is 2.61 bits per heavy atom. The van der Waals surface area contributed by atoms with Gasteiger partial charge in [0.2, 0.25) is 5.91 Å². The van der Waals surface area contributed by atoms with Crippen LogP contribution in [-0.4, -0.2) is 20.9 Å². The van der Waals surface area contributed by atoms with Crippen LogP contribution < -0.4 is 10.9 Å². The van der Waals surface area contributed by atoms with Gasteiger partial charge >= 0.3 is 0 Å². The second kappa shape index (κ2) is 7.12. The first-order valence-electron chi connectivity index (χ1n) is 9.59. The predicted molar refractivity (Wildman–Crippen MR) is 107 cm³/mol. The van der Waals surface area contributed by atoms with Crippen LogP contribution in [0.5, 0.6) is 0 Å². The van der Waals surface area contributed by atoms with Gasteiger partial charge in [-0.15, -0.1) is 12.3 Å². The molecule has 1 amide bonds. The molecule has 2 heterocycles. The van der Waals surface area contributed by atoms with Crippen LogP contribution in [0, 0.1) is 12.3 Å². The highest BCUT2D eigenvalue weighted by molar-refractivity contribution is 5.91. The van der Waals surface area contributed by atoms with Crippen LogP contribution in [0.4, 0.5) is 5.69 Å². The standard InChI is InChI=1S/C21H23N5O2/c1-3-4-13-21(23-24-21)14-12-17(27)22-18-19(15-10-11-15)25(2)26(20(18)28)16-8-6-5-7-9-16/h1,5-9,15H,4,10-14H2,2H3,(H,22,27). The normalized spacial score (nSPS) is 16.6. The Balaban J connectivity index is 1.54. The SMILES string of the molecule is C#CCCC1(CCC(=O)Nc2c(C3CC3)n(C)n(-c3ccccc3)c2=O)N=N1. The van der Waals surface area contributed by atoms with Gasteiger partial charge in [0.15, 0.2) is 5.66 Å².